The average Bonchev–Trinajstić information content (AvgIpc) is 4.22. The van der Waals surface area contributed by atoms with Crippen LogP contribution in [0.5, 0.6) is 17.5 Å². The number of aliphatic hydroxyl groups is 1. The molecule has 0 radical (unpaired) electrons. The van der Waals surface area contributed by atoms with Crippen molar-refractivity contribution in [3.05, 3.63) is 106 Å². The van der Waals surface area contributed by atoms with Gasteiger partial charge < -0.3 is 44.1 Å². The van der Waals surface area contributed by atoms with Gasteiger partial charge in [-0.3, -0.25) is 14.5 Å². The summed E-state index contributed by atoms with van der Waals surface area (Å²) in [5.41, 5.74) is 5.81. The molecule has 4 aromatic carbocycles. The number of anilines is 1. The number of carbonyl (C=O) groups is 2. The number of piperidine rings is 2. The van der Waals surface area contributed by atoms with E-state index in [1.807, 2.05) is 75.7 Å². The summed E-state index contributed by atoms with van der Waals surface area (Å²) in [7, 11) is 0. The Balaban J connectivity index is 0.758. The predicted molar refractivity (Wildman–Crippen MR) is 295 cm³/mol. The molecule has 3 aliphatic heterocycles. The molecule has 0 aliphatic carbocycles. The molecule has 0 bridgehead atoms. The predicted octanol–water partition coefficient (Wildman–Crippen LogP) is 10.0. The number of aromatic hydroxyl groups is 1. The number of nitrogens with zero attached hydrogens (tertiary/aromatic N) is 7. The molecule has 0 spiro atoms. The number of aryl methyl sites for hydroxylation is 2. The number of aromatic nitrogens is 4. The topological polar surface area (TPSA) is 189 Å². The molecule has 3 aromatic heterocycles. The number of phenols is 1. The van der Waals surface area contributed by atoms with Crippen molar-refractivity contribution in [3.8, 4) is 39.1 Å². The number of likely N-dealkylation sites (tertiary alicyclic amines) is 2. The molecule has 19 heteroatoms. The molecule has 4 atom stereocenters. The molecule has 77 heavy (non-hydrogen) atoms. The molecule has 16 nitrogen and oxygen atoms in total. The number of carbonyl (C=O) groups excluding carboxylic acids is 2. The Bertz CT molecular complexity index is 3250. The van der Waals surface area contributed by atoms with Crippen LogP contribution in [0.25, 0.3) is 43.2 Å². The van der Waals surface area contributed by atoms with Crippen molar-refractivity contribution in [2.75, 3.05) is 57.4 Å². The number of aliphatic hydroxyl groups excluding tert-OH is 1. The molecule has 2 amide bonds. The van der Waals surface area contributed by atoms with Gasteiger partial charge in [0.25, 0.3) is 0 Å². The van der Waals surface area contributed by atoms with Gasteiger partial charge in [-0.2, -0.15) is 9.97 Å². The van der Waals surface area contributed by atoms with E-state index in [0.717, 1.165) is 90.8 Å². The van der Waals surface area contributed by atoms with Crippen molar-refractivity contribution in [2.45, 2.75) is 110 Å². The van der Waals surface area contributed by atoms with Gasteiger partial charge >= 0.3 is 6.01 Å². The third-order valence-electron chi connectivity index (χ3n) is 14.9. The molecule has 0 unspecified atom stereocenters. The Kier molecular flexibility index (Phi) is 16.6. The Morgan fingerprint density at radius 2 is 1.75 bits per heavy atom. The summed E-state index contributed by atoms with van der Waals surface area (Å²) in [4.78, 5) is 48.9. The first-order valence-electron chi connectivity index (χ1n) is 26.7. The number of β-amino-alcohol motifs (C(OH)–C–C–N with tert-alkyl or cyclic N) is 1. The van der Waals surface area contributed by atoms with Crippen molar-refractivity contribution in [3.63, 3.8) is 0 Å². The molecule has 7 aromatic rings. The fourth-order valence-electron chi connectivity index (χ4n) is 11.1. The smallest absolute Gasteiger partial charge is 0.319 e. The Hall–Kier alpha value is -6.44. The molecule has 3 fully saturated rings. The van der Waals surface area contributed by atoms with Crippen LogP contribution in [0, 0.1) is 25.6 Å². The van der Waals surface area contributed by atoms with Gasteiger partial charge in [-0.05, 0) is 105 Å². The minimum absolute atomic E-state index is 0.00657. The zero-order valence-electron chi connectivity index (χ0n) is 44.1. The van der Waals surface area contributed by atoms with Gasteiger partial charge in [0.2, 0.25) is 11.8 Å². The zero-order chi connectivity index (χ0) is 53.9. The number of rotatable bonds is 18. The maximum absolute atomic E-state index is 17.1. The van der Waals surface area contributed by atoms with E-state index >= 15 is 4.39 Å². The van der Waals surface area contributed by atoms with E-state index in [9.17, 15) is 19.8 Å². The first-order valence-corrected chi connectivity index (χ1v) is 28.0. The molecule has 6 heterocycles. The second-order valence-electron chi connectivity index (χ2n) is 21.0. The molecular weight excluding hydrogens is 1020 g/mol. The van der Waals surface area contributed by atoms with Gasteiger partial charge in [-0.1, -0.05) is 67.0 Å². The SMILES string of the molecule is Cc1cc([C@H](C(=O)N2C[C@H](O)C[C@H]2C(=O)NCc2ccc(-c3scnc3C)cc2OCCOC2CCN(C[C@@H](C)Oc3nc(N4CCCCC4)c4cc(Cl)c(-c5cc(O)cc6ccccc56)c(F)c4n3)CC2)C(C)C)on1. The van der Waals surface area contributed by atoms with Gasteiger partial charge in [0.15, 0.2) is 5.82 Å². The highest BCUT2D eigenvalue weighted by molar-refractivity contribution is 7.13. The lowest BCUT2D eigenvalue weighted by atomic mass is 9.91. The van der Waals surface area contributed by atoms with E-state index in [2.05, 4.69) is 25.3 Å². The molecule has 10 rings (SSSR count). The van der Waals surface area contributed by atoms with Crippen LogP contribution < -0.4 is 19.7 Å². The van der Waals surface area contributed by atoms with E-state index in [1.54, 1.807) is 36.5 Å². The zero-order valence-corrected chi connectivity index (χ0v) is 45.7. The normalized spacial score (nSPS) is 18.4. The largest absolute Gasteiger partial charge is 0.508 e. The van der Waals surface area contributed by atoms with Crippen LogP contribution in [-0.4, -0.2) is 129 Å². The first-order chi connectivity index (χ1) is 37.2. The summed E-state index contributed by atoms with van der Waals surface area (Å²) < 4.78 is 41.8. The number of thiazole rings is 1. The molecular formula is C58H66ClFN8O8S. The minimum atomic E-state index is -0.862. The minimum Gasteiger partial charge on any atom is -0.508 e. The maximum Gasteiger partial charge on any atom is 0.319 e. The number of nitrogens with one attached hydrogen (secondary N) is 1. The Labute approximate surface area is 456 Å². The van der Waals surface area contributed by atoms with Crippen LogP contribution in [0.15, 0.2) is 76.8 Å². The van der Waals surface area contributed by atoms with E-state index < -0.39 is 23.9 Å². The van der Waals surface area contributed by atoms with Crippen molar-refractivity contribution >= 4 is 62.2 Å². The number of ether oxygens (including phenoxy) is 3. The van der Waals surface area contributed by atoms with Gasteiger partial charge in [0.05, 0.1) is 45.6 Å². The monoisotopic (exact) mass is 1090 g/mol. The van der Waals surface area contributed by atoms with Crippen molar-refractivity contribution in [1.29, 1.82) is 0 Å². The highest BCUT2D eigenvalue weighted by atomic mass is 35.5. The highest BCUT2D eigenvalue weighted by Gasteiger charge is 2.43. The fourth-order valence-corrected chi connectivity index (χ4v) is 12.2. The third kappa shape index (κ3) is 12.0. The molecule has 406 valence electrons. The molecule has 3 aliphatic rings. The standard InChI is InChI=1S/C58H66ClFN8O8S/c1-33(2)50(49-23-34(3)65-76-49)57(72)68-31-41(70)27-47(68)56(71)61-29-39-14-13-38(54-36(5)62-32-77-54)25-48(39)74-22-21-73-42-15-19-66(20-16-42)30-35(4)75-58-63-53-45(55(64-58)67-17-9-6-10-18-67)28-46(59)51(52(53)60)44-26-40(69)24-37-11-7-8-12-43(37)44/h7-8,11-14,23-26,28,32-33,35,41-42,47,50,69-70H,6,9-10,15-22,27,29-31H2,1-5H3,(H,61,71)/t35-,41-,47+,50-/m1/s1. The van der Waals surface area contributed by atoms with E-state index in [1.165, 1.54) is 11.0 Å². The number of amides is 2. The van der Waals surface area contributed by atoms with E-state index in [4.69, 9.17) is 40.3 Å². The first kappa shape index (κ1) is 53.9. The Morgan fingerprint density at radius 3 is 2.49 bits per heavy atom. The highest BCUT2D eigenvalue weighted by Crippen LogP contribution is 2.43. The van der Waals surface area contributed by atoms with E-state index in [-0.39, 0.29) is 83.9 Å². The van der Waals surface area contributed by atoms with Gasteiger partial charge in [-0.15, -0.1) is 11.3 Å². The average molecular weight is 1090 g/mol. The van der Waals surface area contributed by atoms with Crippen LogP contribution in [0.4, 0.5) is 10.2 Å². The van der Waals surface area contributed by atoms with E-state index in [0.29, 0.717) is 47.1 Å². The summed E-state index contributed by atoms with van der Waals surface area (Å²) in [5.74, 6) is -0.403. The quantitative estimate of drug-likeness (QED) is 0.0689. The molecule has 0 saturated carbocycles. The lowest BCUT2D eigenvalue weighted by molar-refractivity contribution is -0.141. The van der Waals surface area contributed by atoms with Crippen LogP contribution in [0.3, 0.4) is 0 Å². The summed E-state index contributed by atoms with van der Waals surface area (Å²) >= 11 is 8.48. The van der Waals surface area contributed by atoms with Gasteiger partial charge in [0, 0.05) is 74.8 Å². The lowest BCUT2D eigenvalue weighted by Gasteiger charge is -2.33. The summed E-state index contributed by atoms with van der Waals surface area (Å²) in [6.45, 7) is 14.1. The number of phenolic OH excluding ortho intramolecular Hbond substituents is 1. The van der Waals surface area contributed by atoms with Crippen molar-refractivity contribution < 1.29 is 42.9 Å². The Morgan fingerprint density at radius 1 is 0.961 bits per heavy atom. The van der Waals surface area contributed by atoms with Crippen LogP contribution in [0.2, 0.25) is 5.02 Å². The summed E-state index contributed by atoms with van der Waals surface area (Å²) in [5, 5.41) is 30.6. The third-order valence-corrected chi connectivity index (χ3v) is 16.2. The number of benzene rings is 4. The number of hydrogen-bond acceptors (Lipinski definition) is 15. The molecule has 3 N–H and O–H groups in total. The van der Waals surface area contributed by atoms with Crippen LogP contribution in [-0.2, 0) is 20.9 Å². The van der Waals surface area contributed by atoms with Gasteiger partial charge in [0.1, 0.15) is 53.3 Å². The lowest BCUT2D eigenvalue weighted by Crippen LogP contribution is -2.48. The van der Waals surface area contributed by atoms with Crippen molar-refractivity contribution in [1.82, 2.24) is 35.2 Å². The summed E-state index contributed by atoms with van der Waals surface area (Å²) in [6, 6.07) is 19.3. The van der Waals surface area contributed by atoms with Crippen LogP contribution >= 0.6 is 22.9 Å². The van der Waals surface area contributed by atoms with Crippen LogP contribution in [0.1, 0.15) is 87.9 Å². The summed E-state index contributed by atoms with van der Waals surface area (Å²) in [6.07, 6.45) is 3.68. The second-order valence-corrected chi connectivity index (χ2v) is 22.2. The molecule has 3 saturated heterocycles. The maximum atomic E-state index is 17.1. The van der Waals surface area contributed by atoms with Gasteiger partial charge in [-0.25, -0.2) is 9.37 Å². The number of halogens is 2. The number of fused-ring (bicyclic) bond motifs is 2. The fraction of sp³-hybridized carbons (Fsp3) is 0.448. The number of hydrogen-bond donors (Lipinski definition) is 3. The second kappa shape index (κ2) is 23.7. The van der Waals surface area contributed by atoms with Crippen molar-refractivity contribution in [2.24, 2.45) is 5.92 Å².